The first-order valence-electron chi connectivity index (χ1n) is 4.49. The average Bonchev–Trinajstić information content (AvgIpc) is 2.90. The maximum Gasteiger partial charge on any atom is 0.127 e. The topological polar surface area (TPSA) is 42.4 Å². The first-order valence-corrected chi connectivity index (χ1v) is 6.16. The fourth-order valence-corrected chi connectivity index (χ4v) is 3.37. The summed E-state index contributed by atoms with van der Waals surface area (Å²) in [6, 6.07) is 0. The molecule has 1 fully saturated rings. The Labute approximate surface area is 95.3 Å². The molecule has 0 bridgehead atoms. The van der Waals surface area contributed by atoms with E-state index in [4.69, 9.17) is 4.74 Å². The third-order valence-corrected chi connectivity index (χ3v) is 4.39. The van der Waals surface area contributed by atoms with Crippen LogP contribution in [0.3, 0.4) is 0 Å². The Hall–Kier alpha value is 0.0300. The number of thiazole rings is 1. The van der Waals surface area contributed by atoms with Gasteiger partial charge in [-0.1, -0.05) is 0 Å². The fraction of sp³-hybridized carbons (Fsp3) is 0.667. The highest BCUT2D eigenvalue weighted by atomic mass is 79.9. The monoisotopic (exact) mass is 277 g/mol. The van der Waals surface area contributed by atoms with Crippen LogP contribution >= 0.6 is 27.3 Å². The van der Waals surface area contributed by atoms with E-state index in [-0.39, 0.29) is 0 Å². The van der Waals surface area contributed by atoms with Crippen LogP contribution < -0.4 is 0 Å². The van der Waals surface area contributed by atoms with E-state index in [2.05, 4.69) is 20.9 Å². The minimum Gasteiger partial charge on any atom is -0.381 e. The molecule has 3 nitrogen and oxygen atoms in total. The van der Waals surface area contributed by atoms with Crippen LogP contribution in [0, 0.1) is 5.92 Å². The third-order valence-electron chi connectivity index (χ3n) is 2.53. The molecule has 1 unspecified atom stereocenters. The lowest BCUT2D eigenvalue weighted by Crippen LogP contribution is -2.33. The zero-order valence-corrected chi connectivity index (χ0v) is 10.3. The Kier molecular flexibility index (Phi) is 2.93. The average molecular weight is 278 g/mol. The summed E-state index contributed by atoms with van der Waals surface area (Å²) in [4.78, 5) is 4.99. The quantitative estimate of drug-likeness (QED) is 0.917. The number of hydrogen-bond acceptors (Lipinski definition) is 4. The highest BCUT2D eigenvalue weighted by Crippen LogP contribution is 2.48. The van der Waals surface area contributed by atoms with Crippen LogP contribution in [-0.2, 0) is 10.3 Å². The second kappa shape index (κ2) is 3.89. The van der Waals surface area contributed by atoms with E-state index in [1.807, 2.05) is 0 Å². The first-order chi connectivity index (χ1) is 6.68. The van der Waals surface area contributed by atoms with Gasteiger partial charge in [-0.05, 0) is 34.7 Å². The van der Waals surface area contributed by atoms with Crippen molar-refractivity contribution < 1.29 is 9.84 Å². The van der Waals surface area contributed by atoms with E-state index in [1.165, 1.54) is 11.3 Å². The molecule has 0 aliphatic heterocycles. The van der Waals surface area contributed by atoms with Gasteiger partial charge in [0.05, 0.1) is 17.0 Å². The Morgan fingerprint density at radius 1 is 1.79 bits per heavy atom. The molecule has 1 aliphatic rings. The molecule has 1 N–H and O–H groups in total. The minimum absolute atomic E-state index is 0.333. The van der Waals surface area contributed by atoms with Crippen molar-refractivity contribution in [2.24, 2.45) is 5.92 Å². The summed E-state index contributed by atoms with van der Waals surface area (Å²) in [5.74, 6) is 0.333. The Bertz CT molecular complexity index is 326. The van der Waals surface area contributed by atoms with E-state index in [9.17, 15) is 5.11 Å². The number of aliphatic hydroxyl groups is 1. The maximum absolute atomic E-state index is 10.5. The van der Waals surface area contributed by atoms with Crippen LogP contribution in [0.5, 0.6) is 0 Å². The highest BCUT2D eigenvalue weighted by Gasteiger charge is 2.47. The fourth-order valence-electron chi connectivity index (χ4n) is 1.66. The van der Waals surface area contributed by atoms with Gasteiger partial charge in [0.1, 0.15) is 10.2 Å². The second-order valence-corrected chi connectivity index (χ2v) is 5.21. The summed E-state index contributed by atoms with van der Waals surface area (Å²) < 4.78 is 5.84. The zero-order chi connectivity index (χ0) is 10.2. The smallest absolute Gasteiger partial charge is 0.127 e. The van der Waals surface area contributed by atoms with Crippen molar-refractivity contribution in [3.05, 3.63) is 15.0 Å². The summed E-state index contributed by atoms with van der Waals surface area (Å²) in [5.41, 5.74) is 0.900. The van der Waals surface area contributed by atoms with Crippen LogP contribution in [0.4, 0.5) is 0 Å². The number of halogens is 1. The van der Waals surface area contributed by atoms with Crippen LogP contribution in [0.1, 0.15) is 17.7 Å². The summed E-state index contributed by atoms with van der Waals surface area (Å²) in [6.07, 6.45) is 2.15. The van der Waals surface area contributed by atoms with E-state index < -0.39 is 5.60 Å². The lowest BCUT2D eigenvalue weighted by atomic mass is 9.98. The van der Waals surface area contributed by atoms with Gasteiger partial charge in [-0.3, -0.25) is 0 Å². The van der Waals surface area contributed by atoms with Crippen molar-refractivity contribution in [2.45, 2.75) is 18.4 Å². The third kappa shape index (κ3) is 1.74. The van der Waals surface area contributed by atoms with Crippen LogP contribution in [0.25, 0.3) is 0 Å². The van der Waals surface area contributed by atoms with Crippen molar-refractivity contribution in [2.75, 3.05) is 13.7 Å². The van der Waals surface area contributed by atoms with Gasteiger partial charge in [-0.2, -0.15) is 0 Å². The molecule has 14 heavy (non-hydrogen) atoms. The zero-order valence-electron chi connectivity index (χ0n) is 7.86. The number of nitrogens with zero attached hydrogens (tertiary/aromatic N) is 1. The molecule has 1 heterocycles. The summed E-state index contributed by atoms with van der Waals surface area (Å²) in [6.45, 7) is 0.346. The van der Waals surface area contributed by atoms with Gasteiger partial charge < -0.3 is 9.84 Å². The minimum atomic E-state index is -0.839. The highest BCUT2D eigenvalue weighted by molar-refractivity contribution is 9.10. The predicted molar refractivity (Wildman–Crippen MR) is 58.3 cm³/mol. The first kappa shape index (κ1) is 10.5. The van der Waals surface area contributed by atoms with Gasteiger partial charge in [0.15, 0.2) is 0 Å². The molecule has 1 saturated carbocycles. The Morgan fingerprint density at radius 3 is 2.93 bits per heavy atom. The summed E-state index contributed by atoms with van der Waals surface area (Å²) in [5, 5.41) is 10.5. The summed E-state index contributed by atoms with van der Waals surface area (Å²) in [7, 11) is 1.61. The second-order valence-electron chi connectivity index (χ2n) is 3.60. The SMILES string of the molecule is COCC(O)(c1scnc1Br)C1CC1. The number of rotatable bonds is 4. The summed E-state index contributed by atoms with van der Waals surface area (Å²) >= 11 is 4.83. The molecule has 1 aromatic rings. The Morgan fingerprint density at radius 2 is 2.50 bits per heavy atom. The lowest BCUT2D eigenvalue weighted by Gasteiger charge is -2.26. The number of ether oxygens (including phenoxy) is 1. The van der Waals surface area contributed by atoms with E-state index >= 15 is 0 Å². The molecule has 0 saturated heterocycles. The van der Waals surface area contributed by atoms with Crippen molar-refractivity contribution in [1.29, 1.82) is 0 Å². The normalized spacial score (nSPS) is 20.8. The molecule has 0 spiro atoms. The molecule has 5 heteroatoms. The molecule has 1 aromatic heterocycles. The predicted octanol–water partition coefficient (Wildman–Crippen LogP) is 2.15. The van der Waals surface area contributed by atoms with Crippen molar-refractivity contribution in [1.82, 2.24) is 4.98 Å². The van der Waals surface area contributed by atoms with E-state index in [1.54, 1.807) is 12.6 Å². The van der Waals surface area contributed by atoms with Crippen molar-refractivity contribution >= 4 is 27.3 Å². The standard InChI is InChI=1S/C9H12BrNO2S/c1-13-4-9(12,6-2-3-6)7-8(10)11-5-14-7/h5-6,12H,2-4H2,1H3. The molecule has 1 aliphatic carbocycles. The van der Waals surface area contributed by atoms with Crippen LogP contribution in [0.15, 0.2) is 10.1 Å². The molecular weight excluding hydrogens is 266 g/mol. The molecular formula is C9H12BrNO2S. The molecule has 0 amide bonds. The Balaban J connectivity index is 2.30. The lowest BCUT2D eigenvalue weighted by molar-refractivity contribution is -0.0511. The van der Waals surface area contributed by atoms with Gasteiger partial charge in [0, 0.05) is 7.11 Å². The van der Waals surface area contributed by atoms with Crippen molar-refractivity contribution in [3.8, 4) is 0 Å². The van der Waals surface area contributed by atoms with Crippen LogP contribution in [0.2, 0.25) is 0 Å². The van der Waals surface area contributed by atoms with Gasteiger partial charge >= 0.3 is 0 Å². The molecule has 2 rings (SSSR count). The molecule has 78 valence electrons. The number of methoxy groups -OCH3 is 1. The van der Waals surface area contributed by atoms with Crippen molar-refractivity contribution in [3.63, 3.8) is 0 Å². The molecule has 0 aromatic carbocycles. The van der Waals surface area contributed by atoms with E-state index in [0.717, 1.165) is 22.3 Å². The van der Waals surface area contributed by atoms with Crippen LogP contribution in [-0.4, -0.2) is 23.8 Å². The maximum atomic E-state index is 10.5. The van der Waals surface area contributed by atoms with Gasteiger partial charge in [0.2, 0.25) is 0 Å². The number of aromatic nitrogens is 1. The molecule has 1 atom stereocenters. The van der Waals surface area contributed by atoms with Gasteiger partial charge in [0.25, 0.3) is 0 Å². The number of hydrogen-bond donors (Lipinski definition) is 1. The van der Waals surface area contributed by atoms with Gasteiger partial charge in [-0.15, -0.1) is 11.3 Å². The largest absolute Gasteiger partial charge is 0.381 e. The molecule has 0 radical (unpaired) electrons. The van der Waals surface area contributed by atoms with Gasteiger partial charge in [-0.25, -0.2) is 4.98 Å². The van der Waals surface area contributed by atoms with E-state index in [0.29, 0.717) is 12.5 Å².